The lowest BCUT2D eigenvalue weighted by Gasteiger charge is -2.18. The van der Waals surface area contributed by atoms with Gasteiger partial charge >= 0.3 is 6.18 Å². The molecule has 0 aliphatic heterocycles. The zero-order valence-corrected chi connectivity index (χ0v) is 10.8. The number of hydrogen-bond acceptors (Lipinski definition) is 3. The van der Waals surface area contributed by atoms with Crippen molar-refractivity contribution in [2.45, 2.75) is 12.6 Å². The van der Waals surface area contributed by atoms with Crippen LogP contribution in [0.3, 0.4) is 0 Å². The molecule has 4 nitrogen and oxygen atoms in total. The van der Waals surface area contributed by atoms with Crippen molar-refractivity contribution in [1.29, 1.82) is 5.26 Å². The molecule has 0 heterocycles. The normalized spacial score (nSPS) is 10.8. The highest BCUT2D eigenvalue weighted by Crippen LogP contribution is 2.20. The van der Waals surface area contributed by atoms with Gasteiger partial charge in [-0.05, 0) is 12.1 Å². The van der Waals surface area contributed by atoms with Crippen LogP contribution in [0.25, 0.3) is 0 Å². The van der Waals surface area contributed by atoms with E-state index < -0.39 is 31.7 Å². The van der Waals surface area contributed by atoms with Crippen molar-refractivity contribution in [3.05, 3.63) is 29.8 Å². The predicted molar refractivity (Wildman–Crippen MR) is 65.0 cm³/mol. The van der Waals surface area contributed by atoms with Crippen LogP contribution in [0.4, 0.5) is 13.2 Å². The molecule has 0 radical (unpaired) electrons. The molecule has 0 fully saturated rings. The highest BCUT2D eigenvalue weighted by Gasteiger charge is 2.28. The number of nitriles is 1. The number of halogens is 3. The van der Waals surface area contributed by atoms with Crippen molar-refractivity contribution in [2.24, 2.45) is 0 Å². The minimum absolute atomic E-state index is 0.229. The fraction of sp³-hybridized carbons (Fsp3) is 0.385. The minimum atomic E-state index is -4.30. The Hall–Kier alpha value is -2.23. The zero-order valence-electron chi connectivity index (χ0n) is 10.8. The summed E-state index contributed by atoms with van der Waals surface area (Å²) in [7, 11) is 1.27. The van der Waals surface area contributed by atoms with Crippen molar-refractivity contribution in [2.75, 3.05) is 20.2 Å². The van der Waals surface area contributed by atoms with Crippen molar-refractivity contribution >= 4 is 5.91 Å². The third-order valence-electron chi connectivity index (χ3n) is 2.52. The number of ether oxygens (including phenoxy) is 1. The molecule has 0 atom stereocenters. The smallest absolute Gasteiger partial charge is 0.390 e. The Morgan fingerprint density at radius 3 is 2.65 bits per heavy atom. The molecule has 0 saturated heterocycles. The lowest BCUT2D eigenvalue weighted by atomic mass is 10.2. The van der Waals surface area contributed by atoms with Gasteiger partial charge in [-0.3, -0.25) is 4.79 Å². The number of amides is 1. The number of nitrogens with zero attached hydrogens (tertiary/aromatic N) is 2. The van der Waals surface area contributed by atoms with Crippen LogP contribution < -0.4 is 4.74 Å². The maximum absolute atomic E-state index is 12.0. The first-order valence-corrected chi connectivity index (χ1v) is 5.76. The molecule has 0 N–H and O–H groups in total. The average molecular weight is 286 g/mol. The maximum atomic E-state index is 12.0. The molecule has 0 aliphatic rings. The Morgan fingerprint density at radius 1 is 1.40 bits per heavy atom. The van der Waals surface area contributed by atoms with Crippen LogP contribution in [-0.4, -0.2) is 37.2 Å². The Bertz CT molecular complexity index is 509. The standard InChI is InChI=1S/C13H13F3N2O2/c1-18(7-6-13(14,15)16)12(19)9-20-11-5-3-2-4-10(11)8-17/h2-5H,6-7,9H2,1H3. The highest BCUT2D eigenvalue weighted by molar-refractivity contribution is 5.77. The molecule has 0 saturated carbocycles. The first-order chi connectivity index (χ1) is 9.33. The SMILES string of the molecule is CN(CCC(F)(F)F)C(=O)COc1ccccc1C#N. The molecule has 0 bridgehead atoms. The molecule has 1 amide bonds. The van der Waals surface area contributed by atoms with E-state index in [0.717, 1.165) is 4.90 Å². The van der Waals surface area contributed by atoms with Gasteiger partial charge in [0.2, 0.25) is 0 Å². The van der Waals surface area contributed by atoms with Gasteiger partial charge in [0, 0.05) is 13.6 Å². The van der Waals surface area contributed by atoms with Crippen LogP contribution in [-0.2, 0) is 4.79 Å². The molecular formula is C13H13F3N2O2. The predicted octanol–water partition coefficient (Wildman–Crippen LogP) is 2.35. The van der Waals surface area contributed by atoms with E-state index in [1.165, 1.54) is 19.2 Å². The summed E-state index contributed by atoms with van der Waals surface area (Å²) in [6.07, 6.45) is -5.37. The average Bonchev–Trinajstić information content (AvgIpc) is 2.41. The van der Waals surface area contributed by atoms with E-state index in [0.29, 0.717) is 0 Å². The summed E-state index contributed by atoms with van der Waals surface area (Å²) in [5.74, 6) is -0.352. The second-order valence-electron chi connectivity index (χ2n) is 4.08. The van der Waals surface area contributed by atoms with Gasteiger partial charge in [-0.15, -0.1) is 0 Å². The lowest BCUT2D eigenvalue weighted by Crippen LogP contribution is -2.34. The Kier molecular flexibility index (Phi) is 5.38. The van der Waals surface area contributed by atoms with E-state index in [1.54, 1.807) is 12.1 Å². The maximum Gasteiger partial charge on any atom is 0.390 e. The summed E-state index contributed by atoms with van der Waals surface area (Å²) < 4.78 is 41.2. The lowest BCUT2D eigenvalue weighted by molar-refractivity contribution is -0.145. The third kappa shape index (κ3) is 5.18. The van der Waals surface area contributed by atoms with Gasteiger partial charge in [0.05, 0.1) is 12.0 Å². The molecule has 0 aromatic heterocycles. The Labute approximate surface area is 114 Å². The Morgan fingerprint density at radius 2 is 2.05 bits per heavy atom. The molecule has 0 aliphatic carbocycles. The van der Waals surface area contributed by atoms with Crippen molar-refractivity contribution in [3.8, 4) is 11.8 Å². The van der Waals surface area contributed by atoms with E-state index in [2.05, 4.69) is 0 Å². The number of benzene rings is 1. The number of hydrogen-bond donors (Lipinski definition) is 0. The summed E-state index contributed by atoms with van der Waals surface area (Å²) in [6, 6.07) is 8.21. The molecule has 108 valence electrons. The fourth-order valence-electron chi connectivity index (χ4n) is 1.35. The molecule has 7 heteroatoms. The third-order valence-corrected chi connectivity index (χ3v) is 2.52. The highest BCUT2D eigenvalue weighted by atomic mass is 19.4. The van der Waals surface area contributed by atoms with Crippen LogP contribution in [0, 0.1) is 11.3 Å². The fourth-order valence-corrected chi connectivity index (χ4v) is 1.35. The van der Waals surface area contributed by atoms with Gasteiger partial charge in [0.25, 0.3) is 5.91 Å². The van der Waals surface area contributed by atoms with Gasteiger partial charge in [0.15, 0.2) is 6.61 Å². The zero-order chi connectivity index (χ0) is 15.2. The largest absolute Gasteiger partial charge is 0.482 e. The second-order valence-corrected chi connectivity index (χ2v) is 4.08. The number of carbonyl (C=O) groups excluding carboxylic acids is 1. The van der Waals surface area contributed by atoms with Crippen LogP contribution >= 0.6 is 0 Å². The van der Waals surface area contributed by atoms with E-state index in [9.17, 15) is 18.0 Å². The van der Waals surface area contributed by atoms with Crippen LogP contribution in [0.15, 0.2) is 24.3 Å². The van der Waals surface area contributed by atoms with Crippen molar-refractivity contribution < 1.29 is 22.7 Å². The summed E-state index contributed by atoms with van der Waals surface area (Å²) in [4.78, 5) is 12.5. The molecule has 1 rings (SSSR count). The summed E-state index contributed by atoms with van der Waals surface area (Å²) >= 11 is 0. The topological polar surface area (TPSA) is 53.3 Å². The Balaban J connectivity index is 2.49. The van der Waals surface area contributed by atoms with Gasteiger partial charge in [0.1, 0.15) is 11.8 Å². The van der Waals surface area contributed by atoms with Crippen LogP contribution in [0.2, 0.25) is 0 Å². The molecule has 0 unspecified atom stereocenters. The number of para-hydroxylation sites is 1. The van der Waals surface area contributed by atoms with Gasteiger partial charge in [-0.25, -0.2) is 0 Å². The van der Waals surface area contributed by atoms with E-state index in [4.69, 9.17) is 10.00 Å². The quantitative estimate of drug-likeness (QED) is 0.835. The first-order valence-electron chi connectivity index (χ1n) is 5.76. The summed E-state index contributed by atoms with van der Waals surface area (Å²) in [5.41, 5.74) is 0.262. The monoisotopic (exact) mass is 286 g/mol. The van der Waals surface area contributed by atoms with E-state index in [-0.39, 0.29) is 11.3 Å². The number of rotatable bonds is 5. The number of carbonyl (C=O) groups is 1. The van der Waals surface area contributed by atoms with E-state index >= 15 is 0 Å². The van der Waals surface area contributed by atoms with Crippen LogP contribution in [0.1, 0.15) is 12.0 Å². The molecule has 20 heavy (non-hydrogen) atoms. The second kappa shape index (κ2) is 6.80. The van der Waals surface area contributed by atoms with Crippen LogP contribution in [0.5, 0.6) is 5.75 Å². The van der Waals surface area contributed by atoms with Crippen molar-refractivity contribution in [3.63, 3.8) is 0 Å². The molecule has 1 aromatic carbocycles. The molecule has 1 aromatic rings. The van der Waals surface area contributed by atoms with Gasteiger partial charge in [-0.1, -0.05) is 12.1 Å². The first kappa shape index (κ1) is 15.8. The number of alkyl halides is 3. The van der Waals surface area contributed by atoms with E-state index in [1.807, 2.05) is 6.07 Å². The van der Waals surface area contributed by atoms with Gasteiger partial charge in [-0.2, -0.15) is 18.4 Å². The minimum Gasteiger partial charge on any atom is -0.482 e. The van der Waals surface area contributed by atoms with Crippen molar-refractivity contribution in [1.82, 2.24) is 4.90 Å². The summed E-state index contributed by atoms with van der Waals surface area (Å²) in [6.45, 7) is -0.835. The number of likely N-dealkylation sites (N-methyl/N-ethyl adjacent to an activating group) is 1. The van der Waals surface area contributed by atoms with Gasteiger partial charge < -0.3 is 9.64 Å². The summed E-state index contributed by atoms with van der Waals surface area (Å²) in [5, 5.41) is 8.82. The molecule has 0 spiro atoms. The molecular weight excluding hydrogens is 273 g/mol.